The number of hydrogen-bond acceptors (Lipinski definition) is 3. The Kier molecular flexibility index (Phi) is 2.88. The van der Waals surface area contributed by atoms with E-state index in [0.717, 1.165) is 12.8 Å². The molecular weight excluding hydrogens is 144 g/mol. The average Bonchev–Trinajstić information content (AvgIpc) is 2.04. The molecule has 0 spiro atoms. The van der Waals surface area contributed by atoms with Gasteiger partial charge in [-0.1, -0.05) is 6.92 Å². The maximum Gasteiger partial charge on any atom is 0.335 e. The summed E-state index contributed by atoms with van der Waals surface area (Å²) in [6.45, 7) is 2.70. The van der Waals surface area contributed by atoms with Crippen LogP contribution in [0.3, 0.4) is 0 Å². The highest BCUT2D eigenvalue weighted by Gasteiger charge is 2.29. The summed E-state index contributed by atoms with van der Waals surface area (Å²) < 4.78 is 9.86. The summed E-state index contributed by atoms with van der Waals surface area (Å²) in [5.74, 6) is 0.0633. The minimum atomic E-state index is -0.325. The summed E-state index contributed by atoms with van der Waals surface area (Å²) in [4.78, 5) is 11.0. The predicted molar refractivity (Wildman–Crippen MR) is 40.2 cm³/mol. The number of carbonyl (C=O) groups is 1. The molecule has 0 aliphatic carbocycles. The van der Waals surface area contributed by atoms with Crippen LogP contribution in [0.5, 0.6) is 0 Å². The first-order valence-corrected chi connectivity index (χ1v) is 3.95. The van der Waals surface area contributed by atoms with E-state index in [1.54, 1.807) is 0 Å². The van der Waals surface area contributed by atoms with Gasteiger partial charge in [0.05, 0.1) is 7.11 Å². The van der Waals surface area contributed by atoms with Crippen LogP contribution in [-0.2, 0) is 14.3 Å². The molecule has 1 saturated heterocycles. The topological polar surface area (TPSA) is 35.5 Å². The Balaban J connectivity index is 2.47. The van der Waals surface area contributed by atoms with Crippen molar-refractivity contribution in [3.05, 3.63) is 0 Å². The van der Waals surface area contributed by atoms with Crippen molar-refractivity contribution in [2.24, 2.45) is 5.92 Å². The number of ether oxygens (including phenoxy) is 2. The first-order valence-electron chi connectivity index (χ1n) is 3.95. The van der Waals surface area contributed by atoms with Crippen LogP contribution in [0.4, 0.5) is 0 Å². The zero-order valence-corrected chi connectivity index (χ0v) is 7.00. The lowest BCUT2D eigenvalue weighted by molar-refractivity contribution is -0.161. The molecule has 1 aliphatic heterocycles. The van der Waals surface area contributed by atoms with Gasteiger partial charge in [0.1, 0.15) is 0 Å². The van der Waals surface area contributed by atoms with Gasteiger partial charge >= 0.3 is 5.97 Å². The van der Waals surface area contributed by atoms with E-state index in [4.69, 9.17) is 4.74 Å². The van der Waals surface area contributed by atoms with Crippen LogP contribution in [0, 0.1) is 5.92 Å². The number of carbonyl (C=O) groups excluding carboxylic acids is 1. The second-order valence-corrected chi connectivity index (χ2v) is 2.93. The van der Waals surface area contributed by atoms with E-state index in [9.17, 15) is 4.79 Å². The van der Waals surface area contributed by atoms with Gasteiger partial charge in [0.2, 0.25) is 0 Å². The van der Waals surface area contributed by atoms with Crippen LogP contribution in [0.25, 0.3) is 0 Å². The molecule has 0 aromatic carbocycles. The quantitative estimate of drug-likeness (QED) is 0.533. The molecule has 0 amide bonds. The van der Waals surface area contributed by atoms with Crippen molar-refractivity contribution >= 4 is 5.97 Å². The van der Waals surface area contributed by atoms with Gasteiger partial charge in [-0.25, -0.2) is 4.79 Å². The minimum absolute atomic E-state index is 0.239. The Morgan fingerprint density at radius 3 is 2.91 bits per heavy atom. The number of esters is 1. The summed E-state index contributed by atoms with van der Waals surface area (Å²) in [7, 11) is 1.40. The molecule has 0 N–H and O–H groups in total. The highest BCUT2D eigenvalue weighted by Crippen LogP contribution is 2.20. The van der Waals surface area contributed by atoms with E-state index in [-0.39, 0.29) is 12.1 Å². The molecule has 3 heteroatoms. The average molecular weight is 158 g/mol. The van der Waals surface area contributed by atoms with E-state index in [1.165, 1.54) is 7.11 Å². The third-order valence-electron chi connectivity index (χ3n) is 2.05. The molecule has 1 aliphatic rings. The molecule has 3 nitrogen and oxygen atoms in total. The SMILES string of the molecule is COC(=O)C1OCCCC1C. The van der Waals surface area contributed by atoms with Gasteiger partial charge in [-0.15, -0.1) is 0 Å². The lowest BCUT2D eigenvalue weighted by Crippen LogP contribution is -2.35. The van der Waals surface area contributed by atoms with Crippen LogP contribution in [-0.4, -0.2) is 25.8 Å². The van der Waals surface area contributed by atoms with Crippen LogP contribution >= 0.6 is 0 Å². The molecule has 0 aromatic rings. The van der Waals surface area contributed by atoms with E-state index < -0.39 is 0 Å². The van der Waals surface area contributed by atoms with Gasteiger partial charge in [0.25, 0.3) is 0 Å². The van der Waals surface area contributed by atoms with E-state index in [1.807, 2.05) is 6.92 Å². The van der Waals surface area contributed by atoms with Crippen molar-refractivity contribution < 1.29 is 14.3 Å². The summed E-state index contributed by atoms with van der Waals surface area (Å²) in [6, 6.07) is 0. The fourth-order valence-electron chi connectivity index (χ4n) is 1.35. The fraction of sp³-hybridized carbons (Fsp3) is 0.875. The van der Waals surface area contributed by atoms with Crippen LogP contribution in [0.1, 0.15) is 19.8 Å². The highest BCUT2D eigenvalue weighted by molar-refractivity contribution is 5.74. The Bertz CT molecular complexity index is 144. The lowest BCUT2D eigenvalue weighted by atomic mass is 9.97. The number of hydrogen-bond donors (Lipinski definition) is 0. The Labute approximate surface area is 66.7 Å². The third kappa shape index (κ3) is 1.93. The van der Waals surface area contributed by atoms with Crippen molar-refractivity contribution in [2.45, 2.75) is 25.9 Å². The first-order chi connectivity index (χ1) is 5.25. The number of methoxy groups -OCH3 is 1. The van der Waals surface area contributed by atoms with Gasteiger partial charge in [0.15, 0.2) is 6.10 Å². The molecule has 1 heterocycles. The van der Waals surface area contributed by atoms with E-state index in [2.05, 4.69) is 4.74 Å². The van der Waals surface area contributed by atoms with E-state index in [0.29, 0.717) is 12.5 Å². The first kappa shape index (κ1) is 8.53. The standard InChI is InChI=1S/C8H14O3/c1-6-4-3-5-11-7(6)8(9)10-2/h6-7H,3-5H2,1-2H3. The van der Waals surface area contributed by atoms with Crippen molar-refractivity contribution in [1.29, 1.82) is 0 Å². The van der Waals surface area contributed by atoms with Gasteiger partial charge < -0.3 is 9.47 Å². The predicted octanol–water partition coefficient (Wildman–Crippen LogP) is 0.974. The molecule has 64 valence electrons. The second kappa shape index (κ2) is 3.72. The maximum atomic E-state index is 11.0. The molecule has 1 rings (SSSR count). The van der Waals surface area contributed by atoms with Crippen molar-refractivity contribution in [1.82, 2.24) is 0 Å². The normalized spacial score (nSPS) is 31.5. The van der Waals surface area contributed by atoms with Gasteiger partial charge in [-0.2, -0.15) is 0 Å². The van der Waals surface area contributed by atoms with Crippen molar-refractivity contribution in [2.75, 3.05) is 13.7 Å². The molecule has 0 radical (unpaired) electrons. The lowest BCUT2D eigenvalue weighted by Gasteiger charge is -2.26. The second-order valence-electron chi connectivity index (χ2n) is 2.93. The van der Waals surface area contributed by atoms with Gasteiger partial charge in [-0.05, 0) is 18.8 Å². The van der Waals surface area contributed by atoms with Crippen molar-refractivity contribution in [3.63, 3.8) is 0 Å². The van der Waals surface area contributed by atoms with Crippen LogP contribution in [0.15, 0.2) is 0 Å². The molecule has 11 heavy (non-hydrogen) atoms. The summed E-state index contributed by atoms with van der Waals surface area (Å²) in [5.41, 5.74) is 0. The molecule has 2 atom stereocenters. The monoisotopic (exact) mass is 158 g/mol. The summed E-state index contributed by atoms with van der Waals surface area (Å²) in [5, 5.41) is 0. The molecule has 0 aromatic heterocycles. The molecule has 2 unspecified atom stereocenters. The van der Waals surface area contributed by atoms with Gasteiger partial charge in [0, 0.05) is 6.61 Å². The number of rotatable bonds is 1. The van der Waals surface area contributed by atoms with Gasteiger partial charge in [-0.3, -0.25) is 0 Å². The summed E-state index contributed by atoms with van der Waals surface area (Å²) in [6.07, 6.45) is 1.78. The van der Waals surface area contributed by atoms with Crippen molar-refractivity contribution in [3.8, 4) is 0 Å². The fourth-order valence-corrected chi connectivity index (χ4v) is 1.35. The third-order valence-corrected chi connectivity index (χ3v) is 2.05. The minimum Gasteiger partial charge on any atom is -0.467 e. The summed E-state index contributed by atoms with van der Waals surface area (Å²) >= 11 is 0. The molecule has 0 bridgehead atoms. The zero-order chi connectivity index (χ0) is 8.27. The Morgan fingerprint density at radius 1 is 1.64 bits per heavy atom. The smallest absolute Gasteiger partial charge is 0.335 e. The van der Waals surface area contributed by atoms with Crippen LogP contribution in [0.2, 0.25) is 0 Å². The molecular formula is C8H14O3. The molecule has 0 saturated carbocycles. The molecule has 1 fully saturated rings. The van der Waals surface area contributed by atoms with E-state index >= 15 is 0 Å². The Hall–Kier alpha value is -0.570. The highest BCUT2D eigenvalue weighted by atomic mass is 16.6. The maximum absolute atomic E-state index is 11.0. The Morgan fingerprint density at radius 2 is 2.36 bits per heavy atom. The largest absolute Gasteiger partial charge is 0.467 e. The van der Waals surface area contributed by atoms with Crippen LogP contribution < -0.4 is 0 Å². The zero-order valence-electron chi connectivity index (χ0n) is 7.00.